The molecule has 1 amide bonds. The molecule has 0 bridgehead atoms. The maximum absolute atomic E-state index is 13.0. The van der Waals surface area contributed by atoms with E-state index in [2.05, 4.69) is 13.5 Å². The van der Waals surface area contributed by atoms with Crippen LogP contribution in [0.2, 0.25) is 0 Å². The third-order valence-electron chi connectivity index (χ3n) is 4.97. The molecule has 1 unspecified atom stereocenters. The summed E-state index contributed by atoms with van der Waals surface area (Å²) in [5, 5.41) is 0. The number of amides is 1. The lowest BCUT2D eigenvalue weighted by molar-refractivity contribution is 0.0683. The molecule has 1 saturated heterocycles. The molecule has 2 aromatic carbocycles. The zero-order valence-electron chi connectivity index (χ0n) is 16.1. The van der Waals surface area contributed by atoms with Crippen LogP contribution in [0.4, 0.5) is 5.69 Å². The summed E-state index contributed by atoms with van der Waals surface area (Å²) in [5.41, 5.74) is 1.08. The Bertz CT molecular complexity index is 924. The molecule has 0 aromatic heterocycles. The van der Waals surface area contributed by atoms with Gasteiger partial charge in [-0.25, -0.2) is 8.42 Å². The monoisotopic (exact) mass is 398 g/mol. The lowest BCUT2D eigenvalue weighted by Gasteiger charge is -2.31. The fourth-order valence-electron chi connectivity index (χ4n) is 3.51. The first-order valence-corrected chi connectivity index (χ1v) is 11.0. The smallest absolute Gasteiger partial charge is 0.264 e. The van der Waals surface area contributed by atoms with Crippen molar-refractivity contribution in [3.63, 3.8) is 0 Å². The predicted octanol–water partition coefficient (Wildman–Crippen LogP) is 3.94. The molecular weight excluding hydrogens is 372 g/mol. The summed E-state index contributed by atoms with van der Waals surface area (Å²) in [5.74, 6) is 0.510. The van der Waals surface area contributed by atoms with Gasteiger partial charge >= 0.3 is 0 Å². The highest BCUT2D eigenvalue weighted by molar-refractivity contribution is 7.92. The van der Waals surface area contributed by atoms with Gasteiger partial charge in [0.15, 0.2) is 0 Å². The Hall–Kier alpha value is -2.60. The Morgan fingerprint density at radius 1 is 1.18 bits per heavy atom. The zero-order chi connectivity index (χ0) is 20.1. The van der Waals surface area contributed by atoms with E-state index >= 15 is 0 Å². The summed E-state index contributed by atoms with van der Waals surface area (Å²) in [6.07, 6.45) is 3.72. The first kappa shape index (κ1) is 20.1. The number of carbonyl (C=O) groups is 1. The second kappa shape index (κ2) is 8.61. The second-order valence-corrected chi connectivity index (χ2v) is 9.05. The maximum atomic E-state index is 13.0. The van der Waals surface area contributed by atoms with Gasteiger partial charge in [0.2, 0.25) is 0 Å². The molecule has 3 rings (SSSR count). The van der Waals surface area contributed by atoms with Crippen LogP contribution < -0.4 is 4.31 Å². The summed E-state index contributed by atoms with van der Waals surface area (Å²) in [7, 11) is -3.71. The maximum Gasteiger partial charge on any atom is 0.264 e. The number of benzene rings is 2. The fraction of sp³-hybridized carbons (Fsp3) is 0.318. The lowest BCUT2D eigenvalue weighted by atomic mass is 9.99. The Morgan fingerprint density at radius 3 is 2.46 bits per heavy atom. The van der Waals surface area contributed by atoms with Crippen molar-refractivity contribution in [1.29, 1.82) is 0 Å². The Labute approximate surface area is 167 Å². The minimum atomic E-state index is -3.71. The van der Waals surface area contributed by atoms with Crippen molar-refractivity contribution in [2.75, 3.05) is 23.9 Å². The van der Waals surface area contributed by atoms with Gasteiger partial charge in [0.1, 0.15) is 0 Å². The Balaban J connectivity index is 1.85. The molecule has 0 aliphatic carbocycles. The van der Waals surface area contributed by atoms with Gasteiger partial charge in [-0.1, -0.05) is 31.2 Å². The summed E-state index contributed by atoms with van der Waals surface area (Å²) >= 11 is 0. The van der Waals surface area contributed by atoms with E-state index in [-0.39, 0.29) is 17.3 Å². The number of anilines is 1. The van der Waals surface area contributed by atoms with E-state index in [9.17, 15) is 13.2 Å². The van der Waals surface area contributed by atoms with Crippen LogP contribution in [-0.4, -0.2) is 38.9 Å². The van der Waals surface area contributed by atoms with Crippen molar-refractivity contribution in [2.24, 2.45) is 5.92 Å². The third kappa shape index (κ3) is 4.28. The molecule has 28 heavy (non-hydrogen) atoms. The second-order valence-electron chi connectivity index (χ2n) is 7.18. The number of rotatable bonds is 6. The minimum absolute atomic E-state index is 0.000660. The van der Waals surface area contributed by atoms with E-state index in [4.69, 9.17) is 0 Å². The Kier molecular flexibility index (Phi) is 6.19. The number of hydrogen-bond donors (Lipinski definition) is 0. The number of nitrogens with zero attached hydrogens (tertiary/aromatic N) is 2. The SMILES string of the molecule is C=CCN(c1ccc(C(=O)N2CCCC(C)C2)cc1)S(=O)(=O)c1ccccc1. The highest BCUT2D eigenvalue weighted by Crippen LogP contribution is 2.25. The third-order valence-corrected chi connectivity index (χ3v) is 6.78. The molecule has 1 heterocycles. The van der Waals surface area contributed by atoms with Gasteiger partial charge in [-0.05, 0) is 55.2 Å². The van der Waals surface area contributed by atoms with Gasteiger partial charge in [0, 0.05) is 18.7 Å². The molecule has 5 nitrogen and oxygen atoms in total. The topological polar surface area (TPSA) is 57.7 Å². The molecule has 6 heteroatoms. The molecule has 1 aliphatic heterocycles. The van der Waals surface area contributed by atoms with E-state index in [0.29, 0.717) is 17.2 Å². The predicted molar refractivity (Wildman–Crippen MR) is 112 cm³/mol. The fourth-order valence-corrected chi connectivity index (χ4v) is 4.96. The standard InChI is InChI=1S/C22H26N2O3S/c1-3-15-24(28(26,27)21-9-5-4-6-10-21)20-13-11-19(12-14-20)22(25)23-16-7-8-18(2)17-23/h3-6,9-14,18H,1,7-8,15-17H2,2H3. The number of likely N-dealkylation sites (tertiary alicyclic amines) is 1. The quantitative estimate of drug-likeness (QED) is 0.693. The van der Waals surface area contributed by atoms with Crippen molar-refractivity contribution in [3.05, 3.63) is 72.8 Å². The molecule has 2 aromatic rings. The number of piperidine rings is 1. The highest BCUT2D eigenvalue weighted by Gasteiger charge is 2.25. The molecule has 0 radical (unpaired) electrons. The first-order valence-electron chi connectivity index (χ1n) is 9.51. The molecule has 0 saturated carbocycles. The average Bonchev–Trinajstić information content (AvgIpc) is 2.72. The van der Waals surface area contributed by atoms with E-state index < -0.39 is 10.0 Å². The van der Waals surface area contributed by atoms with Crippen molar-refractivity contribution in [2.45, 2.75) is 24.7 Å². The number of sulfonamides is 1. The molecule has 148 valence electrons. The molecule has 0 N–H and O–H groups in total. The molecular formula is C22H26N2O3S. The average molecular weight is 399 g/mol. The first-order chi connectivity index (χ1) is 13.4. The van der Waals surface area contributed by atoms with E-state index in [1.54, 1.807) is 60.7 Å². The molecule has 1 atom stereocenters. The van der Waals surface area contributed by atoms with Crippen LogP contribution in [0.3, 0.4) is 0 Å². The summed E-state index contributed by atoms with van der Waals surface area (Å²) < 4.78 is 27.4. The highest BCUT2D eigenvalue weighted by atomic mass is 32.2. The normalized spacial score (nSPS) is 17.2. The molecule has 0 spiro atoms. The summed E-state index contributed by atoms with van der Waals surface area (Å²) in [6.45, 7) is 7.53. The van der Waals surface area contributed by atoms with E-state index in [1.165, 1.54) is 4.31 Å². The van der Waals surface area contributed by atoms with Crippen LogP contribution in [0, 0.1) is 5.92 Å². The Morgan fingerprint density at radius 2 is 1.86 bits per heavy atom. The summed E-state index contributed by atoms with van der Waals surface area (Å²) in [4.78, 5) is 14.9. The number of hydrogen-bond acceptors (Lipinski definition) is 3. The molecule has 1 fully saturated rings. The van der Waals surface area contributed by atoms with E-state index in [0.717, 1.165) is 25.9 Å². The van der Waals surface area contributed by atoms with Crippen molar-refractivity contribution >= 4 is 21.6 Å². The van der Waals surface area contributed by atoms with E-state index in [1.807, 2.05) is 4.90 Å². The molecule has 1 aliphatic rings. The largest absolute Gasteiger partial charge is 0.338 e. The summed E-state index contributed by atoms with van der Waals surface area (Å²) in [6, 6.07) is 15.1. The van der Waals surface area contributed by atoms with Gasteiger partial charge in [-0.15, -0.1) is 6.58 Å². The number of carbonyl (C=O) groups excluding carboxylic acids is 1. The van der Waals surface area contributed by atoms with Gasteiger partial charge in [-0.3, -0.25) is 9.10 Å². The van der Waals surface area contributed by atoms with Crippen LogP contribution >= 0.6 is 0 Å². The van der Waals surface area contributed by atoms with Gasteiger partial charge in [0.25, 0.3) is 15.9 Å². The van der Waals surface area contributed by atoms with Crippen molar-refractivity contribution in [3.8, 4) is 0 Å². The van der Waals surface area contributed by atoms with Gasteiger partial charge < -0.3 is 4.90 Å². The minimum Gasteiger partial charge on any atom is -0.338 e. The van der Waals surface area contributed by atoms with Crippen molar-refractivity contribution in [1.82, 2.24) is 4.90 Å². The van der Waals surface area contributed by atoms with Crippen LogP contribution in [0.1, 0.15) is 30.1 Å². The van der Waals surface area contributed by atoms with Gasteiger partial charge in [-0.2, -0.15) is 0 Å². The lowest BCUT2D eigenvalue weighted by Crippen LogP contribution is -2.39. The van der Waals surface area contributed by atoms with Crippen LogP contribution in [0.25, 0.3) is 0 Å². The van der Waals surface area contributed by atoms with Crippen LogP contribution in [0.5, 0.6) is 0 Å². The zero-order valence-corrected chi connectivity index (χ0v) is 16.9. The van der Waals surface area contributed by atoms with Gasteiger partial charge in [0.05, 0.1) is 17.1 Å². The van der Waals surface area contributed by atoms with Crippen LogP contribution in [-0.2, 0) is 10.0 Å². The van der Waals surface area contributed by atoms with Crippen LogP contribution in [0.15, 0.2) is 72.1 Å². The van der Waals surface area contributed by atoms with Crippen molar-refractivity contribution < 1.29 is 13.2 Å².